The monoisotopic (exact) mass is 198 g/mol. The summed E-state index contributed by atoms with van der Waals surface area (Å²) in [4.78, 5) is 0.542. The topological polar surface area (TPSA) is 34.1 Å². The Hall–Kier alpha value is -0.830. The fraction of sp³-hybridized carbons (Fsp3) is 0.400. The lowest BCUT2D eigenvalue weighted by molar-refractivity contribution is 0.602. The van der Waals surface area contributed by atoms with Gasteiger partial charge in [0, 0.05) is 11.2 Å². The van der Waals surface area contributed by atoms with E-state index in [4.69, 9.17) is 0 Å². The maximum Gasteiger partial charge on any atom is 0.172 e. The van der Waals surface area contributed by atoms with Gasteiger partial charge >= 0.3 is 0 Å². The SMILES string of the molecule is C=CC1C=CC(C)=C(S(C)(=O)=O)C1. The van der Waals surface area contributed by atoms with Gasteiger partial charge in [-0.25, -0.2) is 8.42 Å². The van der Waals surface area contributed by atoms with Crippen LogP contribution in [0.3, 0.4) is 0 Å². The summed E-state index contributed by atoms with van der Waals surface area (Å²) in [6, 6.07) is 0. The van der Waals surface area contributed by atoms with E-state index < -0.39 is 9.84 Å². The molecule has 0 aromatic carbocycles. The molecular weight excluding hydrogens is 184 g/mol. The minimum absolute atomic E-state index is 0.161. The average molecular weight is 198 g/mol. The fourth-order valence-corrected chi connectivity index (χ4v) is 2.56. The molecule has 0 radical (unpaired) electrons. The molecule has 1 atom stereocenters. The first-order valence-corrected chi connectivity index (χ1v) is 6.05. The summed E-state index contributed by atoms with van der Waals surface area (Å²) in [5.74, 6) is 0.161. The number of hydrogen-bond acceptors (Lipinski definition) is 2. The maximum atomic E-state index is 11.3. The molecule has 0 saturated carbocycles. The van der Waals surface area contributed by atoms with Crippen molar-refractivity contribution >= 4 is 9.84 Å². The minimum atomic E-state index is -3.04. The number of rotatable bonds is 2. The second-order valence-electron chi connectivity index (χ2n) is 3.34. The van der Waals surface area contributed by atoms with Gasteiger partial charge in [0.2, 0.25) is 0 Å². The van der Waals surface area contributed by atoms with E-state index in [0.717, 1.165) is 5.57 Å². The van der Waals surface area contributed by atoms with E-state index in [0.29, 0.717) is 11.3 Å². The molecule has 0 spiro atoms. The summed E-state index contributed by atoms with van der Waals surface area (Å²) in [6.07, 6.45) is 7.42. The summed E-state index contributed by atoms with van der Waals surface area (Å²) < 4.78 is 22.7. The third kappa shape index (κ3) is 2.31. The van der Waals surface area contributed by atoms with E-state index in [1.807, 2.05) is 19.1 Å². The third-order valence-electron chi connectivity index (χ3n) is 2.20. The Balaban J connectivity index is 3.09. The lowest BCUT2D eigenvalue weighted by atomic mass is 9.97. The van der Waals surface area contributed by atoms with E-state index in [2.05, 4.69) is 6.58 Å². The van der Waals surface area contributed by atoms with Crippen LogP contribution < -0.4 is 0 Å². The quantitative estimate of drug-likeness (QED) is 0.636. The molecule has 0 amide bonds. The lowest BCUT2D eigenvalue weighted by Crippen LogP contribution is -2.10. The van der Waals surface area contributed by atoms with Crippen molar-refractivity contribution in [2.75, 3.05) is 6.26 Å². The third-order valence-corrected chi connectivity index (χ3v) is 3.59. The van der Waals surface area contributed by atoms with Crippen LogP contribution in [0.4, 0.5) is 0 Å². The second-order valence-corrected chi connectivity index (χ2v) is 5.38. The molecule has 1 unspecified atom stereocenters. The molecule has 1 rings (SSSR count). The fourth-order valence-electron chi connectivity index (χ4n) is 1.41. The van der Waals surface area contributed by atoms with Crippen LogP contribution in [0.15, 0.2) is 35.3 Å². The Morgan fingerprint density at radius 3 is 2.69 bits per heavy atom. The van der Waals surface area contributed by atoms with Gasteiger partial charge in [0.1, 0.15) is 0 Å². The van der Waals surface area contributed by atoms with Crippen molar-refractivity contribution in [3.8, 4) is 0 Å². The van der Waals surface area contributed by atoms with Crippen LogP contribution in [0.5, 0.6) is 0 Å². The van der Waals surface area contributed by atoms with Gasteiger partial charge in [-0.05, 0) is 24.8 Å². The van der Waals surface area contributed by atoms with Gasteiger partial charge in [-0.1, -0.05) is 18.2 Å². The van der Waals surface area contributed by atoms with Crippen LogP contribution in [-0.4, -0.2) is 14.7 Å². The lowest BCUT2D eigenvalue weighted by Gasteiger charge is -2.16. The summed E-state index contributed by atoms with van der Waals surface area (Å²) >= 11 is 0. The van der Waals surface area contributed by atoms with Crippen LogP contribution in [-0.2, 0) is 9.84 Å². The van der Waals surface area contributed by atoms with Crippen LogP contribution in [0.2, 0.25) is 0 Å². The standard InChI is InChI=1S/C10H14O2S/c1-4-9-6-5-8(2)10(7-9)13(3,11)12/h4-6,9H,1,7H2,2-3H3. The summed E-state index contributed by atoms with van der Waals surface area (Å²) in [5.41, 5.74) is 0.848. The smallest absolute Gasteiger partial charge is 0.172 e. The highest BCUT2D eigenvalue weighted by molar-refractivity contribution is 7.94. The van der Waals surface area contributed by atoms with Crippen molar-refractivity contribution < 1.29 is 8.42 Å². The first kappa shape index (κ1) is 10.3. The van der Waals surface area contributed by atoms with E-state index >= 15 is 0 Å². The van der Waals surface area contributed by atoms with Gasteiger partial charge in [0.05, 0.1) is 0 Å². The molecule has 0 fully saturated rings. The van der Waals surface area contributed by atoms with Gasteiger partial charge < -0.3 is 0 Å². The van der Waals surface area contributed by atoms with Crippen molar-refractivity contribution in [1.29, 1.82) is 0 Å². The molecule has 0 saturated heterocycles. The number of hydrogen-bond donors (Lipinski definition) is 0. The molecule has 13 heavy (non-hydrogen) atoms. The van der Waals surface area contributed by atoms with Gasteiger partial charge in [-0.3, -0.25) is 0 Å². The molecule has 2 nitrogen and oxygen atoms in total. The zero-order valence-corrected chi connectivity index (χ0v) is 8.76. The molecular formula is C10H14O2S. The maximum absolute atomic E-state index is 11.3. The van der Waals surface area contributed by atoms with Gasteiger partial charge in [-0.15, -0.1) is 6.58 Å². The molecule has 0 heterocycles. The number of allylic oxidation sites excluding steroid dienone is 5. The van der Waals surface area contributed by atoms with Gasteiger partial charge in [0.15, 0.2) is 9.84 Å². The Morgan fingerprint density at radius 1 is 1.62 bits per heavy atom. The van der Waals surface area contributed by atoms with Crippen LogP contribution in [0.1, 0.15) is 13.3 Å². The largest absolute Gasteiger partial charge is 0.224 e. The molecule has 1 aliphatic rings. The minimum Gasteiger partial charge on any atom is -0.224 e. The zero-order chi connectivity index (χ0) is 10.1. The van der Waals surface area contributed by atoms with E-state index in [9.17, 15) is 8.42 Å². The molecule has 3 heteroatoms. The van der Waals surface area contributed by atoms with Gasteiger partial charge in [-0.2, -0.15) is 0 Å². The normalized spacial score (nSPS) is 23.4. The summed E-state index contributed by atoms with van der Waals surface area (Å²) in [5, 5.41) is 0. The van der Waals surface area contributed by atoms with E-state index in [1.165, 1.54) is 6.26 Å². The van der Waals surface area contributed by atoms with Crippen molar-refractivity contribution in [2.24, 2.45) is 5.92 Å². The molecule has 0 N–H and O–H groups in total. The number of sulfone groups is 1. The zero-order valence-electron chi connectivity index (χ0n) is 7.95. The first-order valence-electron chi connectivity index (χ1n) is 4.15. The van der Waals surface area contributed by atoms with Crippen LogP contribution in [0, 0.1) is 5.92 Å². The van der Waals surface area contributed by atoms with Gasteiger partial charge in [0.25, 0.3) is 0 Å². The second kappa shape index (κ2) is 3.50. The van der Waals surface area contributed by atoms with E-state index in [-0.39, 0.29) is 5.92 Å². The Bertz CT molecular complexity index is 372. The Morgan fingerprint density at radius 2 is 2.23 bits per heavy atom. The predicted octanol–water partition coefficient (Wildman–Crippen LogP) is 2.07. The van der Waals surface area contributed by atoms with Crippen molar-refractivity contribution in [3.63, 3.8) is 0 Å². The Labute approximate surface area is 79.6 Å². The predicted molar refractivity (Wildman–Crippen MR) is 55.0 cm³/mol. The molecule has 0 bridgehead atoms. The van der Waals surface area contributed by atoms with E-state index in [1.54, 1.807) is 6.08 Å². The highest BCUT2D eigenvalue weighted by atomic mass is 32.2. The molecule has 0 aliphatic heterocycles. The van der Waals surface area contributed by atoms with Crippen LogP contribution in [0.25, 0.3) is 0 Å². The summed E-state index contributed by atoms with van der Waals surface area (Å²) in [7, 11) is -3.04. The average Bonchev–Trinajstić information content (AvgIpc) is 2.03. The molecule has 1 aliphatic carbocycles. The van der Waals surface area contributed by atoms with Crippen LogP contribution >= 0.6 is 0 Å². The van der Waals surface area contributed by atoms with Crippen molar-refractivity contribution in [3.05, 3.63) is 35.3 Å². The highest BCUT2D eigenvalue weighted by Crippen LogP contribution is 2.27. The Kier molecular flexibility index (Phi) is 2.76. The summed E-state index contributed by atoms with van der Waals surface area (Å²) in [6.45, 7) is 5.48. The first-order chi connectivity index (χ1) is 5.95. The molecule has 72 valence electrons. The molecule has 0 aromatic heterocycles. The van der Waals surface area contributed by atoms with Crippen molar-refractivity contribution in [2.45, 2.75) is 13.3 Å². The highest BCUT2D eigenvalue weighted by Gasteiger charge is 2.19. The molecule has 0 aromatic rings. The van der Waals surface area contributed by atoms with Crippen molar-refractivity contribution in [1.82, 2.24) is 0 Å².